The van der Waals surface area contributed by atoms with Gasteiger partial charge in [-0.1, -0.05) is 30.3 Å². The first kappa shape index (κ1) is 21.4. The molecule has 1 unspecified atom stereocenters. The summed E-state index contributed by atoms with van der Waals surface area (Å²) in [7, 11) is -3.86. The van der Waals surface area contributed by atoms with Gasteiger partial charge in [0.1, 0.15) is 16.5 Å². The molecule has 0 radical (unpaired) electrons. The van der Waals surface area contributed by atoms with Gasteiger partial charge in [0.25, 0.3) is 0 Å². The molecule has 1 fully saturated rings. The van der Waals surface area contributed by atoms with Gasteiger partial charge in [-0.2, -0.15) is 0 Å². The second-order valence-corrected chi connectivity index (χ2v) is 10.4. The van der Waals surface area contributed by atoms with Gasteiger partial charge in [0.15, 0.2) is 9.84 Å². The van der Waals surface area contributed by atoms with Crippen molar-refractivity contribution in [2.45, 2.75) is 29.4 Å². The lowest BCUT2D eigenvalue weighted by Gasteiger charge is -2.08. The summed E-state index contributed by atoms with van der Waals surface area (Å²) >= 11 is 0. The van der Waals surface area contributed by atoms with E-state index in [2.05, 4.69) is 9.97 Å². The Labute approximate surface area is 191 Å². The molecule has 1 aliphatic rings. The van der Waals surface area contributed by atoms with Gasteiger partial charge >= 0.3 is 0 Å². The minimum Gasteiger partial charge on any atom is -0.299 e. The number of hydrogen-bond donors (Lipinski definition) is 0. The van der Waals surface area contributed by atoms with Gasteiger partial charge in [-0.15, -0.1) is 0 Å². The largest absolute Gasteiger partial charge is 0.299 e. The van der Waals surface area contributed by atoms with Crippen molar-refractivity contribution < 1.29 is 17.6 Å². The molecule has 0 bridgehead atoms. The monoisotopic (exact) mass is 460 g/mol. The lowest BCUT2D eigenvalue weighted by Crippen LogP contribution is -2.09. The zero-order valence-corrected chi connectivity index (χ0v) is 18.5. The summed E-state index contributed by atoms with van der Waals surface area (Å²) in [5, 5.41) is 2.05. The van der Waals surface area contributed by atoms with Crippen molar-refractivity contribution in [3.05, 3.63) is 102 Å². The normalized spacial score (nSPS) is 17.7. The number of fused-ring (bicyclic) bond motifs is 1. The minimum atomic E-state index is -3.86. The van der Waals surface area contributed by atoms with Crippen molar-refractivity contribution in [2.75, 3.05) is 0 Å². The molecule has 5 rings (SSSR count). The maximum atomic E-state index is 14.8. The van der Waals surface area contributed by atoms with Gasteiger partial charge in [0.05, 0.1) is 11.4 Å². The van der Waals surface area contributed by atoms with Crippen molar-refractivity contribution in [3.63, 3.8) is 0 Å². The molecule has 2 aromatic carbocycles. The van der Waals surface area contributed by atoms with Crippen molar-refractivity contribution >= 4 is 26.4 Å². The maximum absolute atomic E-state index is 14.8. The number of Topliss-reactive ketones (excluding diaryl/α,β-unsaturated/α-hetero) is 1. The van der Waals surface area contributed by atoms with E-state index in [0.29, 0.717) is 24.1 Å². The molecule has 166 valence electrons. The van der Waals surface area contributed by atoms with Gasteiger partial charge < -0.3 is 0 Å². The molecule has 33 heavy (non-hydrogen) atoms. The third kappa shape index (κ3) is 4.54. The van der Waals surface area contributed by atoms with Crippen molar-refractivity contribution in [1.29, 1.82) is 0 Å². The van der Waals surface area contributed by atoms with Crippen molar-refractivity contribution in [3.8, 4) is 0 Å². The third-order valence-corrected chi connectivity index (χ3v) is 7.75. The molecule has 0 spiro atoms. The van der Waals surface area contributed by atoms with E-state index < -0.39 is 15.7 Å². The zero-order valence-electron chi connectivity index (χ0n) is 17.7. The molecule has 2 heterocycles. The lowest BCUT2D eigenvalue weighted by molar-refractivity contribution is -0.119. The molecule has 1 aliphatic carbocycles. The summed E-state index contributed by atoms with van der Waals surface area (Å²) < 4.78 is 40.1. The Hall–Kier alpha value is -3.45. The van der Waals surface area contributed by atoms with E-state index in [4.69, 9.17) is 0 Å². The third-order valence-electron chi connectivity index (χ3n) is 6.07. The van der Waals surface area contributed by atoms with E-state index in [1.807, 2.05) is 24.3 Å². The molecular formula is C26H21FN2O3S. The lowest BCUT2D eigenvalue weighted by atomic mass is 10.0. The van der Waals surface area contributed by atoms with E-state index >= 15 is 0 Å². The Balaban J connectivity index is 1.28. The number of rotatable bonds is 7. The number of halogens is 1. The van der Waals surface area contributed by atoms with Crippen LogP contribution >= 0.6 is 0 Å². The van der Waals surface area contributed by atoms with Crippen LogP contribution in [-0.2, 0) is 26.8 Å². The Morgan fingerprint density at radius 1 is 1.00 bits per heavy atom. The highest BCUT2D eigenvalue weighted by atomic mass is 32.2. The highest BCUT2D eigenvalue weighted by Crippen LogP contribution is 2.49. The Bertz CT molecular complexity index is 1460. The van der Waals surface area contributed by atoms with Crippen LogP contribution in [0, 0.1) is 11.7 Å². The van der Waals surface area contributed by atoms with Crippen molar-refractivity contribution in [2.24, 2.45) is 5.92 Å². The Morgan fingerprint density at radius 2 is 1.88 bits per heavy atom. The van der Waals surface area contributed by atoms with Crippen LogP contribution in [0.4, 0.5) is 4.39 Å². The predicted molar refractivity (Wildman–Crippen MR) is 123 cm³/mol. The molecule has 0 N–H and O–H groups in total. The fraction of sp³-hybridized carbons (Fsp3) is 0.192. The van der Waals surface area contributed by atoms with Gasteiger partial charge in [-0.25, -0.2) is 12.8 Å². The number of ketones is 1. The summed E-state index contributed by atoms with van der Waals surface area (Å²) in [5.74, 6) is -1.29. The first-order chi connectivity index (χ1) is 15.9. The number of benzene rings is 2. The highest BCUT2D eigenvalue weighted by Gasteiger charge is 2.43. The fourth-order valence-electron chi connectivity index (χ4n) is 4.25. The van der Waals surface area contributed by atoms with Crippen LogP contribution in [0.3, 0.4) is 0 Å². The van der Waals surface area contributed by atoms with Crippen LogP contribution < -0.4 is 0 Å². The Kier molecular flexibility index (Phi) is 5.50. The second-order valence-electron chi connectivity index (χ2n) is 8.42. The average Bonchev–Trinajstić information content (AvgIpc) is 3.60. The number of carbonyl (C=O) groups excluding carboxylic acids is 1. The summed E-state index contributed by atoms with van der Waals surface area (Å²) in [5.41, 5.74) is 1.96. The van der Waals surface area contributed by atoms with E-state index in [-0.39, 0.29) is 28.3 Å². The molecule has 0 aliphatic heterocycles. The van der Waals surface area contributed by atoms with Gasteiger partial charge in [-0.3, -0.25) is 14.8 Å². The minimum absolute atomic E-state index is 0.0794. The van der Waals surface area contributed by atoms with E-state index in [1.165, 1.54) is 18.3 Å². The first-order valence-corrected chi connectivity index (χ1v) is 12.3. The highest BCUT2D eigenvalue weighted by molar-refractivity contribution is 7.90. The number of nitrogens with zero attached hydrogens (tertiary/aromatic N) is 2. The maximum Gasteiger partial charge on any atom is 0.186 e. The summed E-state index contributed by atoms with van der Waals surface area (Å²) in [6, 6.07) is 16.9. The van der Waals surface area contributed by atoms with Crippen LogP contribution in [0.1, 0.15) is 29.2 Å². The quantitative estimate of drug-likeness (QED) is 0.401. The molecule has 4 aromatic rings. The fourth-order valence-corrected chi connectivity index (χ4v) is 5.60. The Morgan fingerprint density at radius 3 is 2.67 bits per heavy atom. The van der Waals surface area contributed by atoms with Gasteiger partial charge in [0.2, 0.25) is 0 Å². The molecule has 0 amide bonds. The number of carbonyl (C=O) groups is 1. The second kappa shape index (κ2) is 8.48. The summed E-state index contributed by atoms with van der Waals surface area (Å²) in [4.78, 5) is 20.6. The molecule has 2 aromatic heterocycles. The standard InChI is InChI=1S/C26H21FN2O3S/c27-24-13-19(6-7-26(24)33(31,32)16-21-3-1-2-9-29-21)22-14-23(22)25(30)12-17-4-5-20-15-28-10-8-18(20)11-17/h1-11,13,15,22-23H,12,14,16H2/t22?,23-/m1/s1. The van der Waals surface area contributed by atoms with E-state index in [1.54, 1.807) is 36.7 Å². The SMILES string of the molecule is O=C(Cc1ccc2cnccc2c1)[C@@H]1CC1c1ccc(S(=O)(=O)Cc2ccccn2)c(F)c1. The van der Waals surface area contributed by atoms with Crippen LogP contribution in [0.25, 0.3) is 10.8 Å². The van der Waals surface area contributed by atoms with Crippen LogP contribution in [0.5, 0.6) is 0 Å². The molecule has 0 saturated heterocycles. The number of pyridine rings is 2. The molecule has 7 heteroatoms. The van der Waals surface area contributed by atoms with Crippen LogP contribution in [0.15, 0.2) is 84.1 Å². The van der Waals surface area contributed by atoms with Gasteiger partial charge in [0, 0.05) is 36.3 Å². The molecule has 5 nitrogen and oxygen atoms in total. The average molecular weight is 461 g/mol. The van der Waals surface area contributed by atoms with E-state index in [0.717, 1.165) is 16.3 Å². The predicted octanol–water partition coefficient (Wildman–Crippen LogP) is 4.66. The van der Waals surface area contributed by atoms with Gasteiger partial charge in [-0.05, 0) is 59.2 Å². The van der Waals surface area contributed by atoms with Crippen LogP contribution in [0.2, 0.25) is 0 Å². The number of sulfone groups is 1. The van der Waals surface area contributed by atoms with Crippen LogP contribution in [-0.4, -0.2) is 24.2 Å². The number of aromatic nitrogens is 2. The summed E-state index contributed by atoms with van der Waals surface area (Å²) in [6.45, 7) is 0. The smallest absolute Gasteiger partial charge is 0.186 e. The molecule has 1 saturated carbocycles. The van der Waals surface area contributed by atoms with Crippen molar-refractivity contribution in [1.82, 2.24) is 9.97 Å². The topological polar surface area (TPSA) is 77.0 Å². The first-order valence-electron chi connectivity index (χ1n) is 10.7. The summed E-state index contributed by atoms with van der Waals surface area (Å²) in [6.07, 6.45) is 5.98. The zero-order chi connectivity index (χ0) is 23.0. The molecular weight excluding hydrogens is 439 g/mol. The molecule has 2 atom stereocenters. The number of hydrogen-bond acceptors (Lipinski definition) is 5. The van der Waals surface area contributed by atoms with E-state index in [9.17, 15) is 17.6 Å².